The Morgan fingerprint density at radius 1 is 0.690 bits per heavy atom. The van der Waals surface area contributed by atoms with Crippen molar-refractivity contribution in [3.8, 4) is 0 Å². The third-order valence-corrected chi connectivity index (χ3v) is 5.11. The Labute approximate surface area is 164 Å². The molecule has 0 aliphatic carbocycles. The van der Waals surface area contributed by atoms with Crippen molar-refractivity contribution in [2.45, 2.75) is 70.2 Å². The summed E-state index contributed by atoms with van der Waals surface area (Å²) in [7, 11) is -7.17. The van der Waals surface area contributed by atoms with E-state index in [-0.39, 0.29) is 0 Å². The number of alkyl halides is 9. The molecule has 0 aromatic rings. The van der Waals surface area contributed by atoms with Gasteiger partial charge in [0.1, 0.15) is 0 Å². The average molecular weight is 472 g/mol. The van der Waals surface area contributed by atoms with Gasteiger partial charge in [-0.25, -0.2) is 0 Å². The minimum atomic E-state index is -7.37. The van der Waals surface area contributed by atoms with E-state index < -0.39 is 33.4 Å². The predicted molar refractivity (Wildman–Crippen MR) is 88.7 cm³/mol. The van der Waals surface area contributed by atoms with E-state index >= 15 is 0 Å². The van der Waals surface area contributed by atoms with E-state index in [4.69, 9.17) is 4.55 Å². The first kappa shape index (κ1) is 30.4. The predicted octanol–water partition coefficient (Wildman–Crippen LogP) is 5.35. The zero-order chi connectivity index (χ0) is 23.9. The van der Waals surface area contributed by atoms with Gasteiger partial charge >= 0.3 is 33.4 Å². The van der Waals surface area contributed by atoms with Gasteiger partial charge in [-0.05, 0) is 26.2 Å². The molecule has 0 aliphatic rings. The maximum absolute atomic E-state index is 12.2. The number of rotatable bonds is 10. The average Bonchev–Trinajstić information content (AvgIpc) is 2.53. The first-order valence-corrected chi connectivity index (χ1v) is 10.2. The smallest absolute Gasteiger partial charge is 0.324 e. The molecule has 0 aromatic heterocycles. The van der Waals surface area contributed by atoms with E-state index in [1.165, 1.54) is 49.9 Å². The van der Waals surface area contributed by atoms with Gasteiger partial charge in [0.25, 0.3) is 0 Å². The van der Waals surface area contributed by atoms with Crippen molar-refractivity contribution in [2.24, 2.45) is 0 Å². The minimum absolute atomic E-state index is 1.32. The maximum atomic E-state index is 12.2. The van der Waals surface area contributed by atoms with Crippen LogP contribution in [0, 0.1) is 0 Å². The lowest BCUT2D eigenvalue weighted by Gasteiger charge is -2.37. The van der Waals surface area contributed by atoms with Crippen LogP contribution in [0.2, 0.25) is 0 Å². The van der Waals surface area contributed by atoms with Crippen LogP contribution in [0.25, 0.3) is 0 Å². The summed E-state index contributed by atoms with van der Waals surface area (Å²) in [5.74, 6) is -14.7. The Bertz CT molecular complexity index is 575. The van der Waals surface area contributed by atoms with Crippen LogP contribution in [0.5, 0.6) is 0 Å². The highest BCUT2D eigenvalue weighted by Crippen LogP contribution is 2.54. The highest BCUT2D eigenvalue weighted by molar-refractivity contribution is 7.87. The molecule has 0 fully saturated rings. The Kier molecular flexibility index (Phi) is 11.0. The molecule has 0 aromatic carbocycles. The first-order valence-electron chi connectivity index (χ1n) is 8.76. The van der Waals surface area contributed by atoms with Gasteiger partial charge < -0.3 is 4.48 Å². The van der Waals surface area contributed by atoms with Crippen LogP contribution in [0.1, 0.15) is 47.0 Å². The van der Waals surface area contributed by atoms with Crippen molar-refractivity contribution in [1.29, 1.82) is 0 Å². The molecule has 178 valence electrons. The molecule has 29 heavy (non-hydrogen) atoms. The Morgan fingerprint density at radius 3 is 1.17 bits per heavy atom. The molecule has 0 spiro atoms. The minimum Gasteiger partial charge on any atom is -0.324 e. The van der Waals surface area contributed by atoms with E-state index in [0.717, 1.165) is 0 Å². The fourth-order valence-corrected chi connectivity index (χ4v) is 3.21. The van der Waals surface area contributed by atoms with E-state index in [9.17, 15) is 47.9 Å². The van der Waals surface area contributed by atoms with Crippen LogP contribution in [-0.2, 0) is 10.1 Å². The summed E-state index contributed by atoms with van der Waals surface area (Å²) in [5.41, 5.74) is 0. The molecule has 0 saturated carbocycles. The fourth-order valence-electron chi connectivity index (χ4n) is 2.76. The van der Waals surface area contributed by atoms with E-state index in [2.05, 4.69) is 27.7 Å². The highest BCUT2D eigenvalue weighted by Gasteiger charge is 2.85. The quantitative estimate of drug-likeness (QED) is 0.265. The van der Waals surface area contributed by atoms with Crippen molar-refractivity contribution >= 4 is 10.1 Å². The second kappa shape index (κ2) is 10.5. The maximum Gasteiger partial charge on any atom is 0.460 e. The lowest BCUT2D eigenvalue weighted by molar-refractivity contribution is -0.926. The second-order valence-corrected chi connectivity index (χ2v) is 7.93. The molecule has 0 radical (unpaired) electrons. The summed E-state index contributed by atoms with van der Waals surface area (Å²) in [6.07, 6.45) is -3.15. The first-order chi connectivity index (χ1) is 12.7. The third kappa shape index (κ3) is 6.88. The SMILES string of the molecule is CCC[N+](CC)(CCC)CCC.O=S(=O)(O)C(F)(F)C(F)(F)C(F)(F)C(F)(F)F. The van der Waals surface area contributed by atoms with Crippen molar-refractivity contribution in [3.63, 3.8) is 0 Å². The zero-order valence-electron chi connectivity index (χ0n) is 16.5. The molecule has 0 unspecified atom stereocenters. The van der Waals surface area contributed by atoms with Gasteiger partial charge in [0, 0.05) is 0 Å². The molecule has 14 heteroatoms. The Morgan fingerprint density at radius 2 is 1.00 bits per heavy atom. The lowest BCUT2D eigenvalue weighted by Crippen LogP contribution is -2.63. The molecule has 0 rings (SSSR count). The van der Waals surface area contributed by atoms with Crippen LogP contribution < -0.4 is 0 Å². The topological polar surface area (TPSA) is 54.4 Å². The van der Waals surface area contributed by atoms with E-state index in [1.54, 1.807) is 0 Å². The number of hydrogen-bond acceptors (Lipinski definition) is 2. The number of halogens is 9. The van der Waals surface area contributed by atoms with Crippen molar-refractivity contribution in [2.75, 3.05) is 26.2 Å². The third-order valence-electron chi connectivity index (χ3n) is 4.20. The lowest BCUT2D eigenvalue weighted by atomic mass is 10.1. The van der Waals surface area contributed by atoms with Gasteiger partial charge in [-0.2, -0.15) is 47.9 Å². The summed E-state index contributed by atoms with van der Waals surface area (Å²) in [4.78, 5) is 0. The van der Waals surface area contributed by atoms with Crippen molar-refractivity contribution in [1.82, 2.24) is 0 Å². The van der Waals surface area contributed by atoms with Crippen LogP contribution in [-0.4, -0.2) is 66.9 Å². The van der Waals surface area contributed by atoms with Crippen LogP contribution in [0.4, 0.5) is 39.5 Å². The van der Waals surface area contributed by atoms with Crippen LogP contribution >= 0.6 is 0 Å². The highest BCUT2D eigenvalue weighted by atomic mass is 32.2. The summed E-state index contributed by atoms with van der Waals surface area (Å²) < 4.78 is 135. The van der Waals surface area contributed by atoms with Gasteiger partial charge in [-0.15, -0.1) is 0 Å². The molecule has 1 N–H and O–H groups in total. The van der Waals surface area contributed by atoms with Crippen molar-refractivity contribution < 1.29 is 57.0 Å². The summed E-state index contributed by atoms with van der Waals surface area (Å²) >= 11 is 0. The Hall–Kier alpha value is -0.760. The number of hydrogen-bond donors (Lipinski definition) is 1. The van der Waals surface area contributed by atoms with Gasteiger partial charge in [-0.1, -0.05) is 20.8 Å². The largest absolute Gasteiger partial charge is 0.460 e. The summed E-state index contributed by atoms with van der Waals surface area (Å²) in [6, 6.07) is 0. The van der Waals surface area contributed by atoms with Gasteiger partial charge in [0.15, 0.2) is 0 Å². The molecular weight excluding hydrogens is 445 g/mol. The van der Waals surface area contributed by atoms with E-state index in [1.807, 2.05) is 0 Å². The monoisotopic (exact) mass is 472 g/mol. The normalized spacial score (nSPS) is 14.4. The summed E-state index contributed by atoms with van der Waals surface area (Å²) in [6.45, 7) is 14.7. The molecule has 0 saturated heterocycles. The standard InChI is InChI=1S/C11H26N.C4HF9O3S/c1-5-9-12(8-4,10-6-2)11-7-3;5-1(6,3(9,10)11)2(7,8)4(12,13)17(14,15)16/h5-11H2,1-4H3;(H,14,15,16)/q+1;. The summed E-state index contributed by atoms with van der Waals surface area (Å²) in [5, 5.41) is -7.00. The van der Waals surface area contributed by atoms with Gasteiger partial charge in [-0.3, -0.25) is 4.55 Å². The molecule has 0 atom stereocenters. The van der Waals surface area contributed by atoms with Crippen molar-refractivity contribution in [3.05, 3.63) is 0 Å². The van der Waals surface area contributed by atoms with Crippen LogP contribution in [0.15, 0.2) is 0 Å². The molecule has 0 amide bonds. The van der Waals surface area contributed by atoms with Gasteiger partial charge in [0.2, 0.25) is 0 Å². The number of nitrogens with zero attached hydrogens (tertiary/aromatic N) is 1. The fraction of sp³-hybridized carbons (Fsp3) is 1.00. The molecular formula is C15H27F9NO3S+. The second-order valence-electron chi connectivity index (χ2n) is 6.47. The van der Waals surface area contributed by atoms with Crippen LogP contribution in [0.3, 0.4) is 0 Å². The zero-order valence-corrected chi connectivity index (χ0v) is 17.3. The molecule has 0 aliphatic heterocycles. The molecule has 0 bridgehead atoms. The van der Waals surface area contributed by atoms with Gasteiger partial charge in [0.05, 0.1) is 26.2 Å². The number of quaternary nitrogens is 1. The Balaban J connectivity index is 0. The molecule has 4 nitrogen and oxygen atoms in total. The van der Waals surface area contributed by atoms with E-state index in [0.29, 0.717) is 0 Å². The molecule has 0 heterocycles.